The fraction of sp³-hybridized carbons (Fsp3) is 0.200. The van der Waals surface area contributed by atoms with Gasteiger partial charge in [0.2, 0.25) is 4.96 Å². The molecule has 3 aromatic heterocycles. The summed E-state index contributed by atoms with van der Waals surface area (Å²) in [6.45, 7) is 4.14. The second-order valence-electron chi connectivity index (χ2n) is 5.43. The van der Waals surface area contributed by atoms with Crippen molar-refractivity contribution in [3.8, 4) is 16.3 Å². The molecular weight excluding hydrogens is 332 g/mol. The van der Waals surface area contributed by atoms with Crippen LogP contribution in [-0.4, -0.2) is 29.6 Å². The predicted molar refractivity (Wildman–Crippen MR) is 90.3 cm³/mol. The molecular formula is C15H13ClN6S. The molecule has 8 heteroatoms. The maximum atomic E-state index is 6.46. The van der Waals surface area contributed by atoms with E-state index in [1.807, 2.05) is 30.5 Å². The van der Waals surface area contributed by atoms with Crippen molar-refractivity contribution in [3.63, 3.8) is 0 Å². The Bertz CT molecular complexity index is 969. The fourth-order valence-corrected chi connectivity index (χ4v) is 3.55. The molecule has 6 nitrogen and oxygen atoms in total. The van der Waals surface area contributed by atoms with Gasteiger partial charge < -0.3 is 0 Å². The molecule has 23 heavy (non-hydrogen) atoms. The van der Waals surface area contributed by atoms with Crippen LogP contribution in [0.5, 0.6) is 0 Å². The normalized spacial score (nSPS) is 11.7. The predicted octanol–water partition coefficient (Wildman–Crippen LogP) is 3.82. The molecule has 0 aliphatic heterocycles. The highest BCUT2D eigenvalue weighted by molar-refractivity contribution is 7.19. The smallest absolute Gasteiger partial charge is 0.234 e. The Morgan fingerprint density at radius 1 is 1.22 bits per heavy atom. The topological polar surface area (TPSA) is 60.9 Å². The molecule has 0 aliphatic rings. The molecule has 0 saturated carbocycles. The lowest BCUT2D eigenvalue weighted by Crippen LogP contribution is -1.98. The Hall–Kier alpha value is -2.25. The molecule has 4 aromatic rings. The summed E-state index contributed by atoms with van der Waals surface area (Å²) in [4.78, 5) is 0.774. The van der Waals surface area contributed by atoms with E-state index in [1.54, 1.807) is 15.4 Å². The molecule has 0 bridgehead atoms. The van der Waals surface area contributed by atoms with Gasteiger partial charge in [-0.25, -0.2) is 4.68 Å². The first-order valence-corrected chi connectivity index (χ1v) is 8.35. The second-order valence-corrected chi connectivity index (χ2v) is 6.79. The molecule has 1 aromatic carbocycles. The molecule has 0 atom stereocenters. The summed E-state index contributed by atoms with van der Waals surface area (Å²) in [5.74, 6) is 1.12. The van der Waals surface area contributed by atoms with E-state index in [2.05, 4.69) is 34.2 Å². The van der Waals surface area contributed by atoms with Crippen LogP contribution >= 0.6 is 22.9 Å². The Kier molecular flexibility index (Phi) is 3.39. The van der Waals surface area contributed by atoms with Crippen LogP contribution in [0.4, 0.5) is 0 Å². The Morgan fingerprint density at radius 3 is 2.78 bits per heavy atom. The van der Waals surface area contributed by atoms with Crippen LogP contribution in [0.1, 0.15) is 25.6 Å². The number of nitrogens with zero attached hydrogens (tertiary/aromatic N) is 6. The third kappa shape index (κ3) is 2.42. The maximum Gasteiger partial charge on any atom is 0.234 e. The molecule has 0 radical (unpaired) electrons. The summed E-state index contributed by atoms with van der Waals surface area (Å²) in [6, 6.07) is 7.69. The average molecular weight is 345 g/mol. The number of halogens is 1. The zero-order valence-electron chi connectivity index (χ0n) is 12.5. The highest BCUT2D eigenvalue weighted by atomic mass is 35.5. The van der Waals surface area contributed by atoms with Gasteiger partial charge in [-0.05, 0) is 24.3 Å². The van der Waals surface area contributed by atoms with Crippen molar-refractivity contribution in [1.82, 2.24) is 29.6 Å². The summed E-state index contributed by atoms with van der Waals surface area (Å²) in [5, 5.41) is 18.7. The van der Waals surface area contributed by atoms with Crippen LogP contribution in [0.3, 0.4) is 0 Å². The van der Waals surface area contributed by atoms with Crippen LogP contribution in [0.2, 0.25) is 5.02 Å². The van der Waals surface area contributed by atoms with Gasteiger partial charge in [-0.3, -0.25) is 0 Å². The van der Waals surface area contributed by atoms with E-state index < -0.39 is 0 Å². The number of rotatable bonds is 3. The molecule has 3 heterocycles. The first-order chi connectivity index (χ1) is 11.1. The molecule has 116 valence electrons. The first kappa shape index (κ1) is 14.3. The van der Waals surface area contributed by atoms with E-state index in [0.29, 0.717) is 5.02 Å². The van der Waals surface area contributed by atoms with Gasteiger partial charge in [0, 0.05) is 23.9 Å². The van der Waals surface area contributed by atoms with E-state index in [1.165, 1.54) is 11.3 Å². The summed E-state index contributed by atoms with van der Waals surface area (Å²) >= 11 is 7.94. The van der Waals surface area contributed by atoms with Crippen molar-refractivity contribution >= 4 is 27.9 Å². The number of hydrogen-bond acceptors (Lipinski definition) is 5. The van der Waals surface area contributed by atoms with Crippen molar-refractivity contribution in [3.05, 3.63) is 47.5 Å². The van der Waals surface area contributed by atoms with Crippen molar-refractivity contribution in [2.75, 3.05) is 0 Å². The summed E-state index contributed by atoms with van der Waals surface area (Å²) in [5.41, 5.74) is 1.79. The van der Waals surface area contributed by atoms with Crippen LogP contribution in [0.25, 0.3) is 21.2 Å². The molecule has 0 amide bonds. The van der Waals surface area contributed by atoms with Gasteiger partial charge in [-0.2, -0.15) is 14.7 Å². The number of aromatic nitrogens is 6. The largest absolute Gasteiger partial charge is 0.241 e. The Balaban J connectivity index is 1.78. The van der Waals surface area contributed by atoms with Crippen molar-refractivity contribution in [1.29, 1.82) is 0 Å². The molecule has 4 rings (SSSR count). The van der Waals surface area contributed by atoms with Crippen molar-refractivity contribution in [2.24, 2.45) is 0 Å². The van der Waals surface area contributed by atoms with Gasteiger partial charge in [-0.15, -0.1) is 10.2 Å². The van der Waals surface area contributed by atoms with Gasteiger partial charge in [0.25, 0.3) is 0 Å². The van der Waals surface area contributed by atoms with E-state index in [9.17, 15) is 0 Å². The van der Waals surface area contributed by atoms with Gasteiger partial charge in [0.05, 0.1) is 10.7 Å². The van der Waals surface area contributed by atoms with Gasteiger partial charge in [-0.1, -0.05) is 36.8 Å². The quantitative estimate of drug-likeness (QED) is 0.567. The van der Waals surface area contributed by atoms with Gasteiger partial charge in [0.15, 0.2) is 5.82 Å². The third-order valence-electron chi connectivity index (χ3n) is 3.48. The first-order valence-electron chi connectivity index (χ1n) is 7.15. The minimum Gasteiger partial charge on any atom is -0.241 e. The third-order valence-corrected chi connectivity index (χ3v) is 4.73. The fourth-order valence-electron chi connectivity index (χ4n) is 2.34. The minimum absolute atomic E-state index is 0.262. The van der Waals surface area contributed by atoms with E-state index >= 15 is 0 Å². The lowest BCUT2D eigenvalue weighted by atomic mass is 10.2. The molecule has 0 N–H and O–H groups in total. The number of hydrogen-bond donors (Lipinski definition) is 0. The monoisotopic (exact) mass is 344 g/mol. The number of fused-ring (bicyclic) bond motifs is 1. The Labute approximate surface area is 141 Å². The summed E-state index contributed by atoms with van der Waals surface area (Å²) < 4.78 is 3.56. The van der Waals surface area contributed by atoms with Crippen LogP contribution in [-0.2, 0) is 0 Å². The van der Waals surface area contributed by atoms with Gasteiger partial charge in [0.1, 0.15) is 5.01 Å². The molecule has 0 aliphatic carbocycles. The zero-order chi connectivity index (χ0) is 16.0. The van der Waals surface area contributed by atoms with Crippen LogP contribution in [0.15, 0.2) is 36.7 Å². The van der Waals surface area contributed by atoms with E-state index in [-0.39, 0.29) is 5.92 Å². The molecule has 0 saturated heterocycles. The summed E-state index contributed by atoms with van der Waals surface area (Å²) in [7, 11) is 0. The van der Waals surface area contributed by atoms with Crippen LogP contribution < -0.4 is 0 Å². The second kappa shape index (κ2) is 5.43. The highest BCUT2D eigenvalue weighted by Gasteiger charge is 2.16. The molecule has 0 spiro atoms. The molecule has 0 unspecified atom stereocenters. The minimum atomic E-state index is 0.262. The standard InChI is InChI=1S/C15H13ClN6S/c1-9(2)13-18-19-15-22(13)20-14(23-15)11-5-4-10(8-12(11)16)21-7-3-6-17-21/h3-9H,1-2H3. The SMILES string of the molecule is CC(C)c1nnc2sc(-c3ccc(-n4cccn4)cc3Cl)nn12. The maximum absolute atomic E-state index is 6.46. The zero-order valence-corrected chi connectivity index (χ0v) is 14.1. The lowest BCUT2D eigenvalue weighted by Gasteiger charge is -2.05. The van der Waals surface area contributed by atoms with Gasteiger partial charge >= 0.3 is 0 Å². The Morgan fingerprint density at radius 2 is 2.09 bits per heavy atom. The van der Waals surface area contributed by atoms with Crippen molar-refractivity contribution < 1.29 is 0 Å². The van der Waals surface area contributed by atoms with Crippen LogP contribution in [0, 0.1) is 0 Å². The van der Waals surface area contributed by atoms with E-state index in [4.69, 9.17) is 11.6 Å². The lowest BCUT2D eigenvalue weighted by molar-refractivity contribution is 0.727. The molecule has 0 fully saturated rings. The van der Waals surface area contributed by atoms with Crippen molar-refractivity contribution in [2.45, 2.75) is 19.8 Å². The summed E-state index contributed by atoms with van der Waals surface area (Å²) in [6.07, 6.45) is 3.61. The average Bonchev–Trinajstić information content (AvgIpc) is 3.23. The highest BCUT2D eigenvalue weighted by Crippen LogP contribution is 2.33. The van der Waals surface area contributed by atoms with E-state index in [0.717, 1.165) is 27.0 Å². The number of benzene rings is 1.